The molecule has 0 aromatic heterocycles. The van der Waals surface area contributed by atoms with Crippen LogP contribution < -0.4 is 10.5 Å². The molecule has 17 heavy (non-hydrogen) atoms. The molecule has 0 heterocycles. The van der Waals surface area contributed by atoms with Gasteiger partial charge in [-0.1, -0.05) is 18.2 Å². The molecule has 1 unspecified atom stereocenters. The minimum Gasteiger partial charge on any atom is -0.405 e. The van der Waals surface area contributed by atoms with Gasteiger partial charge in [0.25, 0.3) is 5.92 Å². The number of hydrogen-bond donors (Lipinski definition) is 1. The highest BCUT2D eigenvalue weighted by atomic mass is 19.4. The van der Waals surface area contributed by atoms with Gasteiger partial charge in [-0.3, -0.25) is 0 Å². The Hall–Kier alpha value is -1.37. The van der Waals surface area contributed by atoms with Crippen LogP contribution in [0.1, 0.15) is 12.0 Å². The van der Waals surface area contributed by atoms with E-state index in [1.165, 1.54) is 12.1 Å². The zero-order valence-electron chi connectivity index (χ0n) is 8.39. The summed E-state index contributed by atoms with van der Waals surface area (Å²) in [6, 6.07) is 4.67. The summed E-state index contributed by atoms with van der Waals surface area (Å²) in [4.78, 5) is 0. The van der Waals surface area contributed by atoms with Gasteiger partial charge in [0.1, 0.15) is 11.3 Å². The third-order valence-electron chi connectivity index (χ3n) is 2.62. The van der Waals surface area contributed by atoms with Crippen molar-refractivity contribution in [3.05, 3.63) is 29.8 Å². The smallest absolute Gasteiger partial charge is 0.405 e. The summed E-state index contributed by atoms with van der Waals surface area (Å²) in [5.41, 5.74) is 2.98. The molecule has 0 spiro atoms. The molecule has 0 radical (unpaired) electrons. The molecule has 1 aliphatic carbocycles. The number of halogens is 5. The SMILES string of the molecule is NC1(c2ccccc2OC(F)(F)F)CC1(F)F. The minimum atomic E-state index is -4.93. The first kappa shape index (κ1) is 12.1. The van der Waals surface area contributed by atoms with Crippen molar-refractivity contribution in [1.82, 2.24) is 0 Å². The van der Waals surface area contributed by atoms with E-state index in [0.717, 1.165) is 12.1 Å². The van der Waals surface area contributed by atoms with Gasteiger partial charge in [-0.05, 0) is 6.07 Å². The van der Waals surface area contributed by atoms with E-state index in [9.17, 15) is 22.0 Å². The fraction of sp³-hybridized carbons (Fsp3) is 0.400. The van der Waals surface area contributed by atoms with Crippen LogP contribution in [-0.4, -0.2) is 12.3 Å². The van der Waals surface area contributed by atoms with Gasteiger partial charge in [-0.15, -0.1) is 13.2 Å². The summed E-state index contributed by atoms with van der Waals surface area (Å²) in [6.45, 7) is 0. The van der Waals surface area contributed by atoms with E-state index < -0.39 is 30.0 Å². The highest BCUT2D eigenvalue weighted by molar-refractivity contribution is 5.45. The van der Waals surface area contributed by atoms with Gasteiger partial charge in [0.15, 0.2) is 0 Å². The maximum atomic E-state index is 13.0. The summed E-state index contributed by atoms with van der Waals surface area (Å²) in [7, 11) is 0. The van der Waals surface area contributed by atoms with Gasteiger partial charge >= 0.3 is 6.36 Å². The first-order chi connectivity index (χ1) is 7.66. The Morgan fingerprint density at radius 1 is 1.18 bits per heavy atom. The van der Waals surface area contributed by atoms with Crippen LogP contribution in [0, 0.1) is 0 Å². The van der Waals surface area contributed by atoms with Crippen molar-refractivity contribution in [2.75, 3.05) is 0 Å². The largest absolute Gasteiger partial charge is 0.573 e. The Morgan fingerprint density at radius 3 is 2.18 bits per heavy atom. The van der Waals surface area contributed by atoms with Gasteiger partial charge < -0.3 is 10.5 Å². The molecule has 1 aromatic rings. The Labute approximate surface area is 93.2 Å². The van der Waals surface area contributed by atoms with Gasteiger partial charge in [0.2, 0.25) is 0 Å². The highest BCUT2D eigenvalue weighted by Gasteiger charge is 2.71. The van der Waals surface area contributed by atoms with E-state index in [0.29, 0.717) is 0 Å². The lowest BCUT2D eigenvalue weighted by Crippen LogP contribution is -2.29. The molecule has 2 nitrogen and oxygen atoms in total. The zero-order valence-corrected chi connectivity index (χ0v) is 8.39. The normalized spacial score (nSPS) is 26.7. The fourth-order valence-electron chi connectivity index (χ4n) is 1.65. The topological polar surface area (TPSA) is 35.2 Å². The van der Waals surface area contributed by atoms with E-state index in [-0.39, 0.29) is 5.56 Å². The monoisotopic (exact) mass is 253 g/mol. The first-order valence-corrected chi connectivity index (χ1v) is 4.68. The minimum absolute atomic E-state index is 0.331. The Bertz CT molecular complexity index is 445. The number of para-hydroxylation sites is 1. The van der Waals surface area contributed by atoms with E-state index in [1.807, 2.05) is 0 Å². The number of rotatable bonds is 2. The van der Waals surface area contributed by atoms with Crippen LogP contribution >= 0.6 is 0 Å². The fourth-order valence-corrected chi connectivity index (χ4v) is 1.65. The molecule has 0 amide bonds. The van der Waals surface area contributed by atoms with Gasteiger partial charge in [0.05, 0.1) is 0 Å². The molecule has 2 rings (SSSR count). The molecular weight excluding hydrogens is 245 g/mol. The van der Waals surface area contributed by atoms with Crippen LogP contribution in [0.2, 0.25) is 0 Å². The maximum absolute atomic E-state index is 13.0. The van der Waals surface area contributed by atoms with Crippen LogP contribution in [0.15, 0.2) is 24.3 Å². The van der Waals surface area contributed by atoms with Crippen molar-refractivity contribution in [1.29, 1.82) is 0 Å². The predicted molar refractivity (Wildman–Crippen MR) is 48.6 cm³/mol. The number of alkyl halides is 5. The second-order valence-electron chi connectivity index (χ2n) is 3.90. The van der Waals surface area contributed by atoms with Crippen LogP contribution in [0.3, 0.4) is 0 Å². The molecule has 1 aliphatic rings. The van der Waals surface area contributed by atoms with Gasteiger partial charge in [0, 0.05) is 12.0 Å². The van der Waals surface area contributed by atoms with E-state index in [1.54, 1.807) is 0 Å². The lowest BCUT2D eigenvalue weighted by atomic mass is 10.0. The molecular formula is C10H8F5NO. The molecule has 7 heteroatoms. The summed E-state index contributed by atoms with van der Waals surface area (Å²) < 4.78 is 65.9. The Balaban J connectivity index is 2.36. The van der Waals surface area contributed by atoms with E-state index in [4.69, 9.17) is 5.73 Å². The van der Waals surface area contributed by atoms with Crippen molar-refractivity contribution in [2.45, 2.75) is 24.2 Å². The molecule has 0 bridgehead atoms. The van der Waals surface area contributed by atoms with E-state index in [2.05, 4.69) is 4.74 Å². The van der Waals surface area contributed by atoms with Crippen molar-refractivity contribution >= 4 is 0 Å². The average molecular weight is 253 g/mol. The van der Waals surface area contributed by atoms with Crippen molar-refractivity contribution < 1.29 is 26.7 Å². The number of benzene rings is 1. The summed E-state index contributed by atoms with van der Waals surface area (Å²) in [5, 5.41) is 0. The summed E-state index contributed by atoms with van der Waals surface area (Å²) in [5.74, 6) is -3.88. The summed E-state index contributed by atoms with van der Waals surface area (Å²) >= 11 is 0. The predicted octanol–water partition coefficient (Wildman–Crippen LogP) is 2.78. The number of hydrogen-bond acceptors (Lipinski definition) is 2. The lowest BCUT2D eigenvalue weighted by molar-refractivity contribution is -0.275. The summed E-state index contributed by atoms with van der Waals surface area (Å²) in [6.07, 6.45) is -5.62. The highest BCUT2D eigenvalue weighted by Crippen LogP contribution is 2.59. The Morgan fingerprint density at radius 2 is 1.71 bits per heavy atom. The molecule has 1 aromatic carbocycles. The van der Waals surface area contributed by atoms with Crippen molar-refractivity contribution in [3.8, 4) is 5.75 Å². The third-order valence-corrected chi connectivity index (χ3v) is 2.62. The first-order valence-electron chi connectivity index (χ1n) is 4.68. The van der Waals surface area contributed by atoms with Crippen molar-refractivity contribution in [2.24, 2.45) is 5.73 Å². The second-order valence-corrected chi connectivity index (χ2v) is 3.90. The molecule has 1 atom stereocenters. The second kappa shape index (κ2) is 3.32. The quantitative estimate of drug-likeness (QED) is 0.822. The molecule has 1 fully saturated rings. The molecule has 0 aliphatic heterocycles. The standard InChI is InChI=1S/C10H8F5NO/c11-9(12)5-8(9,16)6-3-1-2-4-7(6)17-10(13,14)15/h1-4H,5,16H2. The van der Waals surface area contributed by atoms with Gasteiger partial charge in [-0.2, -0.15) is 0 Å². The molecule has 2 N–H and O–H groups in total. The molecule has 94 valence electrons. The molecule has 0 saturated heterocycles. The third kappa shape index (κ3) is 2.06. The van der Waals surface area contributed by atoms with Crippen molar-refractivity contribution in [3.63, 3.8) is 0 Å². The Kier molecular flexibility index (Phi) is 2.36. The molecule has 1 saturated carbocycles. The van der Waals surface area contributed by atoms with Gasteiger partial charge in [-0.25, -0.2) is 8.78 Å². The number of ether oxygens (including phenoxy) is 1. The van der Waals surface area contributed by atoms with Crippen LogP contribution in [0.25, 0.3) is 0 Å². The maximum Gasteiger partial charge on any atom is 0.573 e. The lowest BCUT2D eigenvalue weighted by Gasteiger charge is -2.17. The van der Waals surface area contributed by atoms with Crippen LogP contribution in [0.4, 0.5) is 22.0 Å². The zero-order chi connectivity index (χ0) is 12.9. The van der Waals surface area contributed by atoms with Crippen LogP contribution in [0.5, 0.6) is 5.75 Å². The van der Waals surface area contributed by atoms with E-state index >= 15 is 0 Å². The number of nitrogens with two attached hydrogens (primary N) is 1. The van der Waals surface area contributed by atoms with Crippen LogP contribution in [-0.2, 0) is 5.54 Å². The average Bonchev–Trinajstić information content (AvgIpc) is 2.65.